The van der Waals surface area contributed by atoms with Crippen molar-refractivity contribution in [2.75, 3.05) is 13.1 Å². The molecule has 1 fully saturated rings. The molecule has 1 N–H and O–H groups in total. The highest BCUT2D eigenvalue weighted by atomic mass is 16.2. The van der Waals surface area contributed by atoms with Crippen molar-refractivity contribution in [3.05, 3.63) is 29.5 Å². The number of rotatable bonds is 2. The van der Waals surface area contributed by atoms with E-state index in [9.17, 15) is 4.79 Å². The van der Waals surface area contributed by atoms with Crippen molar-refractivity contribution >= 4 is 5.91 Å². The molecule has 25 heavy (non-hydrogen) atoms. The predicted molar refractivity (Wildman–Crippen MR) is 97.1 cm³/mol. The number of carbonyl (C=O) groups excluding carboxylic acids is 1. The van der Waals surface area contributed by atoms with Crippen LogP contribution < -0.4 is 0 Å². The zero-order chi connectivity index (χ0) is 18.2. The third-order valence-corrected chi connectivity index (χ3v) is 4.90. The van der Waals surface area contributed by atoms with Gasteiger partial charge in [0, 0.05) is 48.1 Å². The number of H-pyrrole nitrogens is 1. The molecule has 0 spiro atoms. The number of aryl methyl sites for hydroxylation is 2. The number of aromatic amines is 1. The summed E-state index contributed by atoms with van der Waals surface area (Å²) < 4.78 is 0. The van der Waals surface area contributed by atoms with E-state index in [1.54, 1.807) is 12.4 Å². The predicted octanol–water partition coefficient (Wildman–Crippen LogP) is 3.24. The average Bonchev–Trinajstić information content (AvgIpc) is 2.92. The second-order valence-electron chi connectivity index (χ2n) is 7.92. The maximum absolute atomic E-state index is 12.5. The monoisotopic (exact) mass is 341 g/mol. The van der Waals surface area contributed by atoms with Crippen LogP contribution in [0.15, 0.2) is 12.4 Å². The lowest BCUT2D eigenvalue weighted by Gasteiger charge is -2.35. The molecule has 0 saturated carbocycles. The fraction of sp³-hybridized carbons (Fsp3) is 0.579. The molecule has 3 heterocycles. The van der Waals surface area contributed by atoms with Crippen LogP contribution in [0, 0.1) is 19.3 Å². The summed E-state index contributed by atoms with van der Waals surface area (Å²) in [6.07, 6.45) is 5.34. The van der Waals surface area contributed by atoms with Gasteiger partial charge in [-0.05, 0) is 26.7 Å². The number of likely N-dealkylation sites (tertiary alicyclic amines) is 1. The smallest absolute Gasteiger partial charge is 0.227 e. The first-order valence-electron chi connectivity index (χ1n) is 8.91. The van der Waals surface area contributed by atoms with Crippen molar-refractivity contribution in [3.63, 3.8) is 0 Å². The summed E-state index contributed by atoms with van der Waals surface area (Å²) in [5, 5.41) is 7.33. The van der Waals surface area contributed by atoms with Crippen molar-refractivity contribution < 1.29 is 4.79 Å². The molecule has 1 amide bonds. The average molecular weight is 341 g/mol. The highest BCUT2D eigenvalue weighted by Crippen LogP contribution is 2.35. The molecular weight excluding hydrogens is 314 g/mol. The molecule has 1 saturated heterocycles. The Balaban J connectivity index is 1.83. The molecule has 0 atom stereocenters. The number of nitrogens with zero attached hydrogens (tertiary/aromatic N) is 4. The third-order valence-electron chi connectivity index (χ3n) is 4.90. The number of carbonyl (C=O) groups is 1. The van der Waals surface area contributed by atoms with E-state index in [4.69, 9.17) is 0 Å². The number of piperidine rings is 1. The SMILES string of the molecule is Cc1n[nH]c(C)c1-c1nccnc1C1CCN(C(=O)C(C)(C)C)CC1. The minimum Gasteiger partial charge on any atom is -0.342 e. The van der Waals surface area contributed by atoms with Gasteiger partial charge in [-0.15, -0.1) is 0 Å². The van der Waals surface area contributed by atoms with Crippen molar-refractivity contribution in [1.82, 2.24) is 25.1 Å². The van der Waals surface area contributed by atoms with Gasteiger partial charge < -0.3 is 4.90 Å². The van der Waals surface area contributed by atoms with Crippen LogP contribution in [-0.4, -0.2) is 44.1 Å². The van der Waals surface area contributed by atoms with Gasteiger partial charge in [0.1, 0.15) is 0 Å². The van der Waals surface area contributed by atoms with Gasteiger partial charge in [-0.2, -0.15) is 5.10 Å². The molecule has 6 nitrogen and oxygen atoms in total. The second kappa shape index (κ2) is 6.58. The Morgan fingerprint density at radius 2 is 1.80 bits per heavy atom. The van der Waals surface area contributed by atoms with Crippen LogP contribution in [0.1, 0.15) is 56.6 Å². The van der Waals surface area contributed by atoms with E-state index in [0.29, 0.717) is 5.92 Å². The van der Waals surface area contributed by atoms with E-state index in [0.717, 1.165) is 54.3 Å². The molecule has 134 valence electrons. The Hall–Kier alpha value is -2.24. The molecule has 2 aromatic rings. The van der Waals surface area contributed by atoms with Crippen LogP contribution in [0.5, 0.6) is 0 Å². The summed E-state index contributed by atoms with van der Waals surface area (Å²) in [7, 11) is 0. The van der Waals surface area contributed by atoms with Gasteiger partial charge in [0.15, 0.2) is 0 Å². The molecule has 0 bridgehead atoms. The number of hydrogen-bond donors (Lipinski definition) is 1. The van der Waals surface area contributed by atoms with Crippen LogP contribution in [0.2, 0.25) is 0 Å². The standard InChI is InChI=1S/C19H27N5O/c1-12-15(13(2)23-22-12)17-16(20-8-9-21-17)14-6-10-24(11-7-14)18(25)19(3,4)5/h8-9,14H,6-7,10-11H2,1-5H3,(H,22,23). The minimum absolute atomic E-state index is 0.229. The van der Waals surface area contributed by atoms with Gasteiger partial charge in [0.2, 0.25) is 5.91 Å². The van der Waals surface area contributed by atoms with E-state index < -0.39 is 0 Å². The zero-order valence-corrected chi connectivity index (χ0v) is 15.8. The Bertz CT molecular complexity index is 747. The van der Waals surface area contributed by atoms with Gasteiger partial charge in [-0.3, -0.25) is 19.9 Å². The first-order chi connectivity index (χ1) is 11.8. The summed E-state index contributed by atoms with van der Waals surface area (Å²) >= 11 is 0. The Morgan fingerprint density at radius 3 is 2.36 bits per heavy atom. The largest absolute Gasteiger partial charge is 0.342 e. The molecule has 0 radical (unpaired) electrons. The summed E-state index contributed by atoms with van der Waals surface area (Å²) in [6, 6.07) is 0. The number of nitrogens with one attached hydrogen (secondary N) is 1. The topological polar surface area (TPSA) is 74.8 Å². The number of aromatic nitrogens is 4. The van der Waals surface area contributed by atoms with Crippen molar-refractivity contribution in [1.29, 1.82) is 0 Å². The Kier molecular flexibility index (Phi) is 4.62. The fourth-order valence-electron chi connectivity index (χ4n) is 3.57. The minimum atomic E-state index is -0.324. The molecule has 6 heteroatoms. The second-order valence-corrected chi connectivity index (χ2v) is 7.92. The van der Waals surface area contributed by atoms with Gasteiger partial charge in [-0.25, -0.2) is 0 Å². The molecule has 3 rings (SSSR count). The van der Waals surface area contributed by atoms with Gasteiger partial charge in [0.25, 0.3) is 0 Å². The van der Waals surface area contributed by atoms with Crippen LogP contribution >= 0.6 is 0 Å². The summed E-state index contributed by atoms with van der Waals surface area (Å²) in [6.45, 7) is 11.5. The van der Waals surface area contributed by atoms with E-state index in [2.05, 4.69) is 20.2 Å². The van der Waals surface area contributed by atoms with Crippen LogP contribution in [0.25, 0.3) is 11.3 Å². The van der Waals surface area contributed by atoms with Gasteiger partial charge in [0.05, 0.1) is 17.1 Å². The summed E-state index contributed by atoms with van der Waals surface area (Å²) in [4.78, 5) is 23.7. The normalized spacial score (nSPS) is 16.3. The first-order valence-corrected chi connectivity index (χ1v) is 8.91. The first kappa shape index (κ1) is 17.6. The summed E-state index contributed by atoms with van der Waals surface area (Å²) in [5.74, 6) is 0.549. The van der Waals surface area contributed by atoms with Gasteiger partial charge >= 0.3 is 0 Å². The maximum atomic E-state index is 12.5. The quantitative estimate of drug-likeness (QED) is 0.910. The van der Waals surface area contributed by atoms with E-state index in [1.807, 2.05) is 39.5 Å². The summed E-state index contributed by atoms with van der Waals surface area (Å²) in [5.41, 5.74) is 4.63. The van der Waals surface area contributed by atoms with Crippen molar-refractivity contribution in [2.24, 2.45) is 5.41 Å². The number of amides is 1. The molecule has 1 aliphatic rings. The van der Waals surface area contributed by atoms with Crippen LogP contribution in [0.4, 0.5) is 0 Å². The highest BCUT2D eigenvalue weighted by Gasteiger charge is 2.32. The Morgan fingerprint density at radius 1 is 1.16 bits per heavy atom. The Labute approximate surface area is 149 Å². The highest BCUT2D eigenvalue weighted by molar-refractivity contribution is 5.81. The zero-order valence-electron chi connectivity index (χ0n) is 15.8. The van der Waals surface area contributed by atoms with E-state index in [1.165, 1.54) is 0 Å². The molecule has 2 aromatic heterocycles. The molecule has 0 unspecified atom stereocenters. The lowest BCUT2D eigenvalue weighted by Crippen LogP contribution is -2.43. The van der Waals surface area contributed by atoms with E-state index in [-0.39, 0.29) is 11.3 Å². The van der Waals surface area contributed by atoms with Gasteiger partial charge in [-0.1, -0.05) is 20.8 Å². The third kappa shape index (κ3) is 3.43. The molecule has 0 aliphatic carbocycles. The molecule has 1 aliphatic heterocycles. The van der Waals surface area contributed by atoms with E-state index >= 15 is 0 Å². The molecular formula is C19H27N5O. The van der Waals surface area contributed by atoms with Crippen molar-refractivity contribution in [3.8, 4) is 11.3 Å². The lowest BCUT2D eigenvalue weighted by atomic mass is 9.88. The lowest BCUT2D eigenvalue weighted by molar-refractivity contribution is -0.140. The van der Waals surface area contributed by atoms with Crippen LogP contribution in [-0.2, 0) is 4.79 Å². The van der Waals surface area contributed by atoms with Crippen molar-refractivity contribution in [2.45, 2.75) is 53.4 Å². The van der Waals surface area contributed by atoms with Crippen LogP contribution in [0.3, 0.4) is 0 Å². The molecule has 0 aromatic carbocycles. The fourth-order valence-corrected chi connectivity index (χ4v) is 3.57. The number of hydrogen-bond acceptors (Lipinski definition) is 4. The maximum Gasteiger partial charge on any atom is 0.227 e.